The summed E-state index contributed by atoms with van der Waals surface area (Å²) in [6, 6.07) is 8.47. The van der Waals surface area contributed by atoms with Crippen LogP contribution in [-0.2, 0) is 17.8 Å². The summed E-state index contributed by atoms with van der Waals surface area (Å²) in [4.78, 5) is 13.5. The van der Waals surface area contributed by atoms with E-state index in [1.165, 1.54) is 11.1 Å². The summed E-state index contributed by atoms with van der Waals surface area (Å²) in [6.07, 6.45) is 2.74. The van der Waals surface area contributed by atoms with Crippen LogP contribution >= 0.6 is 0 Å². The predicted octanol–water partition coefficient (Wildman–Crippen LogP) is 1.91. The number of aliphatic carboxylic acids is 1. The lowest BCUT2D eigenvalue weighted by Crippen LogP contribution is -2.38. The zero-order valence-electron chi connectivity index (χ0n) is 9.85. The van der Waals surface area contributed by atoms with E-state index in [2.05, 4.69) is 29.2 Å². The number of carboxylic acids is 1. The quantitative estimate of drug-likeness (QED) is 0.864. The van der Waals surface area contributed by atoms with Crippen molar-refractivity contribution >= 4 is 5.97 Å². The van der Waals surface area contributed by atoms with E-state index in [0.717, 1.165) is 38.9 Å². The Bertz CT molecular complexity index is 451. The van der Waals surface area contributed by atoms with Crippen LogP contribution in [-0.4, -0.2) is 29.1 Å². The molecule has 1 heterocycles. The average Bonchev–Trinajstić information content (AvgIpc) is 3.10. The highest BCUT2D eigenvalue weighted by Crippen LogP contribution is 2.46. The second-order valence-corrected chi connectivity index (χ2v) is 5.31. The number of carboxylic acid groups (broad SMARTS) is 1. The highest BCUT2D eigenvalue weighted by Gasteiger charge is 2.51. The van der Waals surface area contributed by atoms with Gasteiger partial charge in [-0.1, -0.05) is 24.3 Å². The van der Waals surface area contributed by atoms with Crippen molar-refractivity contribution in [1.29, 1.82) is 0 Å². The molecular weight excluding hydrogens is 214 g/mol. The molecule has 1 aromatic carbocycles. The van der Waals surface area contributed by atoms with Gasteiger partial charge in [-0.2, -0.15) is 0 Å². The molecule has 90 valence electrons. The van der Waals surface area contributed by atoms with Gasteiger partial charge < -0.3 is 5.11 Å². The lowest BCUT2D eigenvalue weighted by molar-refractivity contribution is -0.144. The molecule has 1 aromatic rings. The van der Waals surface area contributed by atoms with E-state index in [-0.39, 0.29) is 0 Å². The number of nitrogens with zero attached hydrogens (tertiary/aromatic N) is 1. The van der Waals surface area contributed by atoms with Gasteiger partial charge in [0, 0.05) is 19.6 Å². The van der Waals surface area contributed by atoms with Gasteiger partial charge in [-0.15, -0.1) is 0 Å². The van der Waals surface area contributed by atoms with Gasteiger partial charge in [0.15, 0.2) is 0 Å². The zero-order chi connectivity index (χ0) is 11.9. The monoisotopic (exact) mass is 231 g/mol. The summed E-state index contributed by atoms with van der Waals surface area (Å²) >= 11 is 0. The van der Waals surface area contributed by atoms with E-state index < -0.39 is 11.4 Å². The van der Waals surface area contributed by atoms with Crippen LogP contribution in [0, 0.1) is 5.41 Å². The fraction of sp³-hybridized carbons (Fsp3) is 0.500. The Balaban J connectivity index is 1.71. The minimum atomic E-state index is -0.614. The van der Waals surface area contributed by atoms with E-state index in [4.69, 9.17) is 0 Å². The third-order valence-corrected chi connectivity index (χ3v) is 4.04. The molecule has 1 N–H and O–H groups in total. The summed E-state index contributed by atoms with van der Waals surface area (Å²) in [5.74, 6) is -0.614. The van der Waals surface area contributed by atoms with Gasteiger partial charge in [-0.3, -0.25) is 9.69 Å². The first kappa shape index (κ1) is 10.8. The Hall–Kier alpha value is -1.35. The van der Waals surface area contributed by atoms with Gasteiger partial charge >= 0.3 is 5.97 Å². The van der Waals surface area contributed by atoms with E-state index in [9.17, 15) is 9.90 Å². The van der Waals surface area contributed by atoms with Crippen LogP contribution in [0.2, 0.25) is 0 Å². The summed E-state index contributed by atoms with van der Waals surface area (Å²) in [7, 11) is 0. The first-order chi connectivity index (χ1) is 8.20. The molecule has 0 atom stereocenters. The normalized spacial score (nSPS) is 21.9. The number of benzene rings is 1. The van der Waals surface area contributed by atoms with Crippen molar-refractivity contribution in [3.63, 3.8) is 0 Å². The number of fused-ring (bicyclic) bond motifs is 1. The lowest BCUT2D eigenvalue weighted by Gasteiger charge is -2.30. The number of hydrogen-bond acceptors (Lipinski definition) is 2. The molecule has 1 fully saturated rings. The Labute approximate surface area is 101 Å². The van der Waals surface area contributed by atoms with Gasteiger partial charge in [-0.05, 0) is 30.4 Å². The van der Waals surface area contributed by atoms with Crippen LogP contribution in [0.4, 0.5) is 0 Å². The van der Waals surface area contributed by atoms with Crippen LogP contribution in [0.3, 0.4) is 0 Å². The van der Waals surface area contributed by atoms with Crippen molar-refractivity contribution < 1.29 is 9.90 Å². The molecule has 1 aliphatic carbocycles. The molecule has 0 radical (unpaired) electrons. The molecule has 3 heteroatoms. The van der Waals surface area contributed by atoms with Crippen LogP contribution in [0.5, 0.6) is 0 Å². The first-order valence-electron chi connectivity index (χ1n) is 6.22. The second kappa shape index (κ2) is 3.84. The standard InChI is InChI=1S/C14H17NO2/c16-13(17)14(6-7-14)10-15-8-5-11-3-1-2-4-12(11)9-15/h1-4H,5-10H2,(H,16,17). The van der Waals surface area contributed by atoms with Gasteiger partial charge in [0.25, 0.3) is 0 Å². The maximum absolute atomic E-state index is 11.2. The molecule has 17 heavy (non-hydrogen) atoms. The van der Waals surface area contributed by atoms with E-state index in [1.54, 1.807) is 0 Å². The molecule has 0 aromatic heterocycles. The maximum Gasteiger partial charge on any atom is 0.310 e. The number of carbonyl (C=O) groups is 1. The average molecular weight is 231 g/mol. The SMILES string of the molecule is O=C(O)C1(CN2CCc3ccccc3C2)CC1. The van der Waals surface area contributed by atoms with Crippen molar-refractivity contribution in [1.82, 2.24) is 4.90 Å². The number of rotatable bonds is 3. The Kier molecular flexibility index (Phi) is 2.44. The maximum atomic E-state index is 11.2. The topological polar surface area (TPSA) is 40.5 Å². The van der Waals surface area contributed by atoms with Crippen LogP contribution in [0.25, 0.3) is 0 Å². The molecule has 1 saturated carbocycles. The van der Waals surface area contributed by atoms with Gasteiger partial charge in [0.2, 0.25) is 0 Å². The second-order valence-electron chi connectivity index (χ2n) is 5.31. The largest absolute Gasteiger partial charge is 0.481 e. The van der Waals surface area contributed by atoms with Crippen molar-refractivity contribution in [3.05, 3.63) is 35.4 Å². The molecule has 0 amide bonds. The fourth-order valence-electron chi connectivity index (χ4n) is 2.71. The van der Waals surface area contributed by atoms with Crippen molar-refractivity contribution in [2.75, 3.05) is 13.1 Å². The van der Waals surface area contributed by atoms with E-state index >= 15 is 0 Å². The molecule has 0 saturated heterocycles. The van der Waals surface area contributed by atoms with Crippen LogP contribution in [0.15, 0.2) is 24.3 Å². The van der Waals surface area contributed by atoms with Crippen molar-refractivity contribution in [2.24, 2.45) is 5.41 Å². The molecule has 0 bridgehead atoms. The van der Waals surface area contributed by atoms with Gasteiger partial charge in [0.05, 0.1) is 5.41 Å². The minimum Gasteiger partial charge on any atom is -0.481 e. The molecule has 2 aliphatic rings. The molecule has 0 spiro atoms. The number of hydrogen-bond donors (Lipinski definition) is 1. The fourth-order valence-corrected chi connectivity index (χ4v) is 2.71. The molecule has 0 unspecified atom stereocenters. The summed E-state index contributed by atoms with van der Waals surface area (Å²) in [5.41, 5.74) is 2.36. The molecule has 3 nitrogen and oxygen atoms in total. The Morgan fingerprint density at radius 1 is 1.29 bits per heavy atom. The minimum absolute atomic E-state index is 0.424. The third kappa shape index (κ3) is 1.95. The molecular formula is C14H17NO2. The zero-order valence-corrected chi connectivity index (χ0v) is 9.85. The summed E-state index contributed by atoms with van der Waals surface area (Å²) < 4.78 is 0. The highest BCUT2D eigenvalue weighted by molar-refractivity contribution is 5.78. The van der Waals surface area contributed by atoms with Crippen molar-refractivity contribution in [3.8, 4) is 0 Å². The van der Waals surface area contributed by atoms with Gasteiger partial charge in [-0.25, -0.2) is 0 Å². The summed E-state index contributed by atoms with van der Waals surface area (Å²) in [6.45, 7) is 2.62. The van der Waals surface area contributed by atoms with Crippen molar-refractivity contribution in [2.45, 2.75) is 25.8 Å². The van der Waals surface area contributed by atoms with E-state index in [0.29, 0.717) is 0 Å². The van der Waals surface area contributed by atoms with Crippen LogP contribution < -0.4 is 0 Å². The predicted molar refractivity (Wildman–Crippen MR) is 64.7 cm³/mol. The third-order valence-electron chi connectivity index (χ3n) is 4.04. The lowest BCUT2D eigenvalue weighted by atomic mass is 9.98. The summed E-state index contributed by atoms with van der Waals surface area (Å²) in [5, 5.41) is 9.20. The van der Waals surface area contributed by atoms with E-state index in [1.807, 2.05) is 0 Å². The Morgan fingerprint density at radius 2 is 2.00 bits per heavy atom. The highest BCUT2D eigenvalue weighted by atomic mass is 16.4. The van der Waals surface area contributed by atoms with Crippen LogP contribution in [0.1, 0.15) is 24.0 Å². The van der Waals surface area contributed by atoms with Gasteiger partial charge in [0.1, 0.15) is 0 Å². The molecule has 1 aliphatic heterocycles. The molecule has 3 rings (SSSR count). The first-order valence-corrected chi connectivity index (χ1v) is 6.22. The smallest absolute Gasteiger partial charge is 0.310 e. The Morgan fingerprint density at radius 3 is 2.65 bits per heavy atom.